The van der Waals surface area contributed by atoms with E-state index in [2.05, 4.69) is 0 Å². The van der Waals surface area contributed by atoms with Crippen LogP contribution in [0.3, 0.4) is 0 Å². The molecular weight excluding hydrogens is 194 g/mol. The van der Waals surface area contributed by atoms with E-state index < -0.39 is 5.91 Å². The van der Waals surface area contributed by atoms with E-state index in [0.717, 1.165) is 25.7 Å². The van der Waals surface area contributed by atoms with Crippen molar-refractivity contribution < 1.29 is 14.3 Å². The largest absolute Gasteiger partial charge is 0.419 e. The first-order valence-corrected chi connectivity index (χ1v) is 5.64. The van der Waals surface area contributed by atoms with Crippen molar-refractivity contribution in [3.05, 3.63) is 0 Å². The molecule has 1 rings (SSSR count). The second-order valence-corrected chi connectivity index (χ2v) is 4.28. The molecule has 1 heterocycles. The summed E-state index contributed by atoms with van der Waals surface area (Å²) in [7, 11) is 0. The molecule has 1 saturated heterocycles. The zero-order chi connectivity index (χ0) is 11.5. The normalized spacial score (nSPS) is 37.1. The number of carbonyl (C=O) groups is 1. The van der Waals surface area contributed by atoms with Crippen LogP contribution in [0.2, 0.25) is 0 Å². The van der Waals surface area contributed by atoms with E-state index in [-0.39, 0.29) is 18.0 Å². The van der Waals surface area contributed by atoms with Crippen LogP contribution in [-0.2, 0) is 14.3 Å². The number of carbonyl (C=O) groups excluding carboxylic acids is 1. The van der Waals surface area contributed by atoms with Crippen LogP contribution in [0.25, 0.3) is 0 Å². The molecule has 4 nitrogen and oxygen atoms in total. The fourth-order valence-electron chi connectivity index (χ4n) is 2.14. The van der Waals surface area contributed by atoms with Gasteiger partial charge in [0.1, 0.15) is 0 Å². The maximum Gasteiger partial charge on any atom is 0.306 e. The zero-order valence-corrected chi connectivity index (χ0v) is 9.79. The summed E-state index contributed by atoms with van der Waals surface area (Å²) in [5.74, 6) is -1.52. The average molecular weight is 215 g/mol. The van der Waals surface area contributed by atoms with Crippen LogP contribution in [0.15, 0.2) is 0 Å². The van der Waals surface area contributed by atoms with Gasteiger partial charge in [-0.15, -0.1) is 0 Å². The van der Waals surface area contributed by atoms with Gasteiger partial charge in [0, 0.05) is 12.8 Å². The highest BCUT2D eigenvalue weighted by Crippen LogP contribution is 2.32. The van der Waals surface area contributed by atoms with Gasteiger partial charge in [0.25, 0.3) is 5.91 Å². The predicted molar refractivity (Wildman–Crippen MR) is 56.9 cm³/mol. The van der Waals surface area contributed by atoms with E-state index in [0.29, 0.717) is 0 Å². The molecule has 88 valence electrons. The third-order valence-corrected chi connectivity index (χ3v) is 2.91. The minimum atomic E-state index is -1.23. The number of esters is 1. The van der Waals surface area contributed by atoms with Gasteiger partial charge in [-0.25, -0.2) is 0 Å². The van der Waals surface area contributed by atoms with E-state index in [1.54, 1.807) is 0 Å². The molecule has 15 heavy (non-hydrogen) atoms. The van der Waals surface area contributed by atoms with Crippen molar-refractivity contribution in [3.8, 4) is 0 Å². The number of nitrogens with two attached hydrogens (primary N) is 1. The summed E-state index contributed by atoms with van der Waals surface area (Å²) >= 11 is 0. The van der Waals surface area contributed by atoms with Crippen LogP contribution >= 0.6 is 0 Å². The molecule has 0 bridgehead atoms. The lowest BCUT2D eigenvalue weighted by Gasteiger charge is -2.35. The topological polar surface area (TPSA) is 61.6 Å². The smallest absolute Gasteiger partial charge is 0.306 e. The Bertz CT molecular complexity index is 232. The van der Waals surface area contributed by atoms with Crippen molar-refractivity contribution in [1.82, 2.24) is 0 Å². The standard InChI is InChI=1S/C11H21NO3/c1-4-10-7-5-6-8(2)14-11(10,12)15-9(3)13/h8,10H,4-7,12H2,1-3H3. The quantitative estimate of drug-likeness (QED) is 0.563. The van der Waals surface area contributed by atoms with Crippen LogP contribution in [0.1, 0.15) is 46.5 Å². The second kappa shape index (κ2) is 4.94. The van der Waals surface area contributed by atoms with Crippen LogP contribution in [-0.4, -0.2) is 18.0 Å². The first-order valence-electron chi connectivity index (χ1n) is 5.64. The monoisotopic (exact) mass is 215 g/mol. The first-order chi connectivity index (χ1) is 6.98. The summed E-state index contributed by atoms with van der Waals surface area (Å²) < 4.78 is 10.8. The Morgan fingerprint density at radius 1 is 1.60 bits per heavy atom. The molecule has 1 aliphatic heterocycles. The van der Waals surface area contributed by atoms with E-state index in [9.17, 15) is 4.79 Å². The van der Waals surface area contributed by atoms with Gasteiger partial charge >= 0.3 is 5.97 Å². The van der Waals surface area contributed by atoms with Crippen LogP contribution in [0, 0.1) is 5.92 Å². The number of rotatable bonds is 2. The van der Waals surface area contributed by atoms with Crippen LogP contribution in [0.4, 0.5) is 0 Å². The van der Waals surface area contributed by atoms with Crippen molar-refractivity contribution >= 4 is 5.97 Å². The van der Waals surface area contributed by atoms with Gasteiger partial charge in [0.15, 0.2) is 0 Å². The lowest BCUT2D eigenvalue weighted by Crippen LogP contribution is -2.53. The van der Waals surface area contributed by atoms with Gasteiger partial charge in [0.05, 0.1) is 6.10 Å². The maximum absolute atomic E-state index is 11.0. The highest BCUT2D eigenvalue weighted by molar-refractivity contribution is 5.66. The summed E-state index contributed by atoms with van der Waals surface area (Å²) in [5.41, 5.74) is 6.04. The fourth-order valence-corrected chi connectivity index (χ4v) is 2.14. The molecule has 0 aromatic rings. The van der Waals surface area contributed by atoms with Gasteiger partial charge < -0.3 is 9.47 Å². The fraction of sp³-hybridized carbons (Fsp3) is 0.909. The van der Waals surface area contributed by atoms with Gasteiger partial charge in [-0.05, 0) is 26.2 Å². The van der Waals surface area contributed by atoms with Crippen LogP contribution < -0.4 is 5.73 Å². The summed E-state index contributed by atoms with van der Waals surface area (Å²) in [6.45, 7) is 5.36. The van der Waals surface area contributed by atoms with Crippen molar-refractivity contribution in [2.24, 2.45) is 11.7 Å². The molecule has 0 radical (unpaired) electrons. The minimum absolute atomic E-state index is 0.0471. The third-order valence-electron chi connectivity index (χ3n) is 2.91. The molecule has 0 spiro atoms. The number of ether oxygens (including phenoxy) is 2. The zero-order valence-electron chi connectivity index (χ0n) is 9.79. The Hall–Kier alpha value is -0.610. The molecule has 4 heteroatoms. The Labute approximate surface area is 91.1 Å². The summed E-state index contributed by atoms with van der Waals surface area (Å²) in [4.78, 5) is 11.0. The van der Waals surface area contributed by atoms with Crippen molar-refractivity contribution in [1.29, 1.82) is 0 Å². The molecule has 0 amide bonds. The molecule has 1 aliphatic rings. The Morgan fingerprint density at radius 3 is 2.80 bits per heavy atom. The molecule has 0 aliphatic carbocycles. The van der Waals surface area contributed by atoms with Gasteiger partial charge in [0.2, 0.25) is 0 Å². The van der Waals surface area contributed by atoms with Crippen molar-refractivity contribution in [3.63, 3.8) is 0 Å². The van der Waals surface area contributed by atoms with E-state index in [4.69, 9.17) is 15.2 Å². The number of hydrogen-bond donors (Lipinski definition) is 1. The van der Waals surface area contributed by atoms with Gasteiger partial charge in [-0.3, -0.25) is 10.5 Å². The van der Waals surface area contributed by atoms with Crippen molar-refractivity contribution in [2.45, 2.75) is 58.5 Å². The SMILES string of the molecule is CCC1CCCC(C)OC1(N)OC(C)=O. The van der Waals surface area contributed by atoms with E-state index in [1.807, 2.05) is 13.8 Å². The molecule has 3 atom stereocenters. The predicted octanol–water partition coefficient (Wildman–Crippen LogP) is 1.78. The molecule has 1 fully saturated rings. The van der Waals surface area contributed by atoms with Crippen molar-refractivity contribution in [2.75, 3.05) is 0 Å². The van der Waals surface area contributed by atoms with E-state index in [1.165, 1.54) is 6.92 Å². The first kappa shape index (κ1) is 12.5. The summed E-state index contributed by atoms with van der Waals surface area (Å²) in [6, 6.07) is 0. The third kappa shape index (κ3) is 3.18. The molecule has 3 unspecified atom stereocenters. The summed E-state index contributed by atoms with van der Waals surface area (Å²) in [6.07, 6.45) is 3.89. The molecule has 0 aromatic carbocycles. The maximum atomic E-state index is 11.0. The second-order valence-electron chi connectivity index (χ2n) is 4.28. The Kier molecular flexibility index (Phi) is 4.11. The Balaban J connectivity index is 2.79. The molecule has 2 N–H and O–H groups in total. The molecule has 0 saturated carbocycles. The molecular formula is C11H21NO3. The highest BCUT2D eigenvalue weighted by atomic mass is 16.7. The van der Waals surface area contributed by atoms with Crippen LogP contribution in [0.5, 0.6) is 0 Å². The number of hydrogen-bond acceptors (Lipinski definition) is 4. The summed E-state index contributed by atoms with van der Waals surface area (Å²) in [5, 5.41) is 0. The minimum Gasteiger partial charge on any atom is -0.419 e. The Morgan fingerprint density at radius 2 is 2.27 bits per heavy atom. The average Bonchev–Trinajstić information content (AvgIpc) is 2.22. The highest BCUT2D eigenvalue weighted by Gasteiger charge is 2.41. The molecule has 0 aromatic heterocycles. The lowest BCUT2D eigenvalue weighted by atomic mass is 9.96. The van der Waals surface area contributed by atoms with Gasteiger partial charge in [-0.2, -0.15) is 0 Å². The van der Waals surface area contributed by atoms with Gasteiger partial charge in [-0.1, -0.05) is 13.3 Å². The van der Waals surface area contributed by atoms with E-state index >= 15 is 0 Å². The lowest BCUT2D eigenvalue weighted by molar-refractivity contribution is -0.263.